The Morgan fingerprint density at radius 1 is 1.57 bits per heavy atom. The molecule has 0 fully saturated rings. The third-order valence-electron chi connectivity index (χ3n) is 2.02. The molecule has 0 saturated heterocycles. The van der Waals surface area contributed by atoms with E-state index in [1.165, 1.54) is 11.8 Å². The second kappa shape index (κ2) is 7.05. The molecule has 0 aromatic rings. The van der Waals surface area contributed by atoms with Crippen LogP contribution < -0.4 is 11.3 Å². The summed E-state index contributed by atoms with van der Waals surface area (Å²) in [6.07, 6.45) is -0.726. The number of hydrogen-bond donors (Lipinski definition) is 4. The summed E-state index contributed by atoms with van der Waals surface area (Å²) >= 11 is 1.43. The molecule has 0 aromatic heterocycles. The number of thioether (sulfide) groups is 1. The normalized spacial score (nSPS) is 17.2. The number of aliphatic hydroxyl groups is 2. The summed E-state index contributed by atoms with van der Waals surface area (Å²) in [6.45, 7) is 3.40. The first-order valence-corrected chi connectivity index (χ1v) is 5.48. The van der Waals surface area contributed by atoms with E-state index in [0.717, 1.165) is 0 Å². The van der Waals surface area contributed by atoms with E-state index in [1.54, 1.807) is 6.92 Å². The van der Waals surface area contributed by atoms with Gasteiger partial charge in [-0.05, 0) is 0 Å². The van der Waals surface area contributed by atoms with Gasteiger partial charge in [-0.15, -0.1) is 0 Å². The number of nitrogens with one attached hydrogen (secondary N) is 1. The van der Waals surface area contributed by atoms with Gasteiger partial charge in [0.15, 0.2) is 0 Å². The van der Waals surface area contributed by atoms with Gasteiger partial charge in [0.1, 0.15) is 0 Å². The summed E-state index contributed by atoms with van der Waals surface area (Å²) < 4.78 is 0. The summed E-state index contributed by atoms with van der Waals surface area (Å²) in [6, 6.07) is 0. The van der Waals surface area contributed by atoms with Crippen LogP contribution in [0.2, 0.25) is 0 Å². The molecule has 0 aromatic carbocycles. The van der Waals surface area contributed by atoms with Crippen molar-refractivity contribution in [2.45, 2.75) is 25.2 Å². The van der Waals surface area contributed by atoms with E-state index in [2.05, 4.69) is 5.43 Å². The molecular formula is C8H18N2O3S. The number of hydrazine groups is 1. The Hall–Kier alpha value is -0.300. The SMILES string of the molecule is CC(SCC(O)CO)C(C)C(=O)NN. The van der Waals surface area contributed by atoms with Crippen LogP contribution in [0, 0.1) is 5.92 Å². The van der Waals surface area contributed by atoms with Crippen LogP contribution in [-0.4, -0.2) is 39.8 Å². The molecule has 0 rings (SSSR count). The van der Waals surface area contributed by atoms with Crippen LogP contribution in [0.3, 0.4) is 0 Å². The maximum absolute atomic E-state index is 11.1. The minimum absolute atomic E-state index is 0.0553. The smallest absolute Gasteiger partial charge is 0.237 e. The van der Waals surface area contributed by atoms with Crippen LogP contribution in [0.25, 0.3) is 0 Å². The summed E-state index contributed by atoms with van der Waals surface area (Å²) in [5, 5.41) is 17.7. The average molecular weight is 222 g/mol. The first-order chi connectivity index (χ1) is 6.52. The Bertz CT molecular complexity index is 180. The first kappa shape index (κ1) is 13.7. The maximum Gasteiger partial charge on any atom is 0.237 e. The van der Waals surface area contributed by atoms with Gasteiger partial charge < -0.3 is 10.2 Å². The fourth-order valence-electron chi connectivity index (χ4n) is 0.805. The Labute approximate surface area is 88.0 Å². The molecule has 0 spiro atoms. The first-order valence-electron chi connectivity index (χ1n) is 4.43. The standard InChI is InChI=1S/C8H18N2O3S/c1-5(8(13)10-9)6(2)14-4-7(12)3-11/h5-7,11-12H,3-4,9H2,1-2H3,(H,10,13). The topological polar surface area (TPSA) is 95.6 Å². The molecule has 0 radical (unpaired) electrons. The highest BCUT2D eigenvalue weighted by molar-refractivity contribution is 7.99. The predicted molar refractivity (Wildman–Crippen MR) is 56.5 cm³/mol. The van der Waals surface area contributed by atoms with Crippen LogP contribution >= 0.6 is 11.8 Å². The number of rotatable bonds is 6. The van der Waals surface area contributed by atoms with Crippen LogP contribution in [0.5, 0.6) is 0 Å². The Kier molecular flexibility index (Phi) is 6.90. The lowest BCUT2D eigenvalue weighted by Gasteiger charge is -2.18. The molecule has 0 saturated carbocycles. The lowest BCUT2D eigenvalue weighted by Crippen LogP contribution is -2.38. The maximum atomic E-state index is 11.1. The van der Waals surface area contributed by atoms with Gasteiger partial charge >= 0.3 is 0 Å². The van der Waals surface area contributed by atoms with Crippen LogP contribution in [-0.2, 0) is 4.79 Å². The zero-order valence-corrected chi connectivity index (χ0v) is 9.25. The number of hydrogen-bond acceptors (Lipinski definition) is 5. The van der Waals surface area contributed by atoms with Crippen molar-refractivity contribution < 1.29 is 15.0 Å². The highest BCUT2D eigenvalue weighted by atomic mass is 32.2. The number of amides is 1. The van der Waals surface area contributed by atoms with E-state index < -0.39 is 6.10 Å². The fraction of sp³-hybridized carbons (Fsp3) is 0.875. The minimum Gasteiger partial charge on any atom is -0.394 e. The quantitative estimate of drug-likeness (QED) is 0.265. The Morgan fingerprint density at radius 2 is 2.14 bits per heavy atom. The molecule has 14 heavy (non-hydrogen) atoms. The zero-order valence-electron chi connectivity index (χ0n) is 8.43. The second-order valence-corrected chi connectivity index (χ2v) is 4.58. The molecule has 5 N–H and O–H groups in total. The number of carbonyl (C=O) groups excluding carboxylic acids is 1. The van der Waals surface area contributed by atoms with Crippen molar-refractivity contribution in [3.05, 3.63) is 0 Å². The molecule has 5 nitrogen and oxygen atoms in total. The lowest BCUT2D eigenvalue weighted by molar-refractivity contribution is -0.124. The van der Waals surface area contributed by atoms with E-state index in [-0.39, 0.29) is 23.7 Å². The number of nitrogens with two attached hydrogens (primary N) is 1. The number of carbonyl (C=O) groups is 1. The van der Waals surface area contributed by atoms with Crippen molar-refractivity contribution in [1.82, 2.24) is 5.43 Å². The Morgan fingerprint density at radius 3 is 2.57 bits per heavy atom. The molecule has 3 unspecified atom stereocenters. The van der Waals surface area contributed by atoms with Gasteiger partial charge in [-0.25, -0.2) is 5.84 Å². The third kappa shape index (κ3) is 4.80. The van der Waals surface area contributed by atoms with Crippen LogP contribution in [0.4, 0.5) is 0 Å². The number of aliphatic hydroxyl groups excluding tert-OH is 2. The molecule has 3 atom stereocenters. The molecular weight excluding hydrogens is 204 g/mol. The van der Waals surface area contributed by atoms with Gasteiger partial charge in [-0.3, -0.25) is 10.2 Å². The zero-order chi connectivity index (χ0) is 11.1. The van der Waals surface area contributed by atoms with Crippen molar-refractivity contribution in [2.24, 2.45) is 11.8 Å². The van der Waals surface area contributed by atoms with E-state index in [9.17, 15) is 4.79 Å². The van der Waals surface area contributed by atoms with E-state index in [4.69, 9.17) is 16.1 Å². The van der Waals surface area contributed by atoms with E-state index in [1.807, 2.05) is 6.92 Å². The average Bonchev–Trinajstić information content (AvgIpc) is 2.22. The van der Waals surface area contributed by atoms with Crippen molar-refractivity contribution in [1.29, 1.82) is 0 Å². The molecule has 84 valence electrons. The van der Waals surface area contributed by atoms with Crippen LogP contribution in [0.1, 0.15) is 13.8 Å². The highest BCUT2D eigenvalue weighted by Gasteiger charge is 2.20. The monoisotopic (exact) mass is 222 g/mol. The van der Waals surface area contributed by atoms with Gasteiger partial charge in [0, 0.05) is 16.9 Å². The van der Waals surface area contributed by atoms with Gasteiger partial charge in [0.2, 0.25) is 5.91 Å². The molecule has 6 heteroatoms. The largest absolute Gasteiger partial charge is 0.394 e. The summed E-state index contributed by atoms with van der Waals surface area (Å²) in [7, 11) is 0. The summed E-state index contributed by atoms with van der Waals surface area (Å²) in [5.74, 6) is 4.98. The van der Waals surface area contributed by atoms with Gasteiger partial charge in [0.05, 0.1) is 12.7 Å². The second-order valence-electron chi connectivity index (χ2n) is 3.17. The summed E-state index contributed by atoms with van der Waals surface area (Å²) in [4.78, 5) is 11.1. The summed E-state index contributed by atoms with van der Waals surface area (Å²) in [5.41, 5.74) is 2.08. The molecule has 0 aliphatic carbocycles. The Balaban J connectivity index is 3.83. The fourth-order valence-corrected chi connectivity index (χ4v) is 1.85. The molecule has 0 bridgehead atoms. The van der Waals surface area contributed by atoms with Crippen molar-refractivity contribution in [2.75, 3.05) is 12.4 Å². The predicted octanol–water partition coefficient (Wildman–Crippen LogP) is -0.913. The molecule has 0 heterocycles. The highest BCUT2D eigenvalue weighted by Crippen LogP contribution is 2.19. The van der Waals surface area contributed by atoms with Gasteiger partial charge in [-0.1, -0.05) is 13.8 Å². The van der Waals surface area contributed by atoms with Crippen molar-refractivity contribution in [3.63, 3.8) is 0 Å². The molecule has 0 aliphatic rings. The lowest BCUT2D eigenvalue weighted by atomic mass is 10.1. The van der Waals surface area contributed by atoms with E-state index in [0.29, 0.717) is 5.75 Å². The molecule has 0 aliphatic heterocycles. The minimum atomic E-state index is -0.726. The van der Waals surface area contributed by atoms with E-state index >= 15 is 0 Å². The van der Waals surface area contributed by atoms with Gasteiger partial charge in [0.25, 0.3) is 0 Å². The van der Waals surface area contributed by atoms with Crippen molar-refractivity contribution >= 4 is 17.7 Å². The molecule has 1 amide bonds. The third-order valence-corrected chi connectivity index (χ3v) is 3.53. The van der Waals surface area contributed by atoms with Crippen LogP contribution in [0.15, 0.2) is 0 Å². The van der Waals surface area contributed by atoms with Crippen molar-refractivity contribution in [3.8, 4) is 0 Å². The van der Waals surface area contributed by atoms with Gasteiger partial charge in [-0.2, -0.15) is 11.8 Å².